The van der Waals surface area contributed by atoms with E-state index in [1.54, 1.807) is 66.7 Å². The molecule has 3 amide bonds. The first-order chi connectivity index (χ1) is 21.8. The minimum absolute atomic E-state index is 0.0286. The van der Waals surface area contributed by atoms with E-state index in [1.165, 1.54) is 29.2 Å². The number of nitrogens with one attached hydrogen (secondary N) is 3. The number of aromatic nitrogens is 1. The number of anilines is 2. The van der Waals surface area contributed by atoms with Crippen LogP contribution in [-0.2, 0) is 9.59 Å². The zero-order valence-corrected chi connectivity index (χ0v) is 27.0. The fraction of sp³-hybridized carbons (Fsp3) is 0.0588. The lowest BCUT2D eigenvalue weighted by molar-refractivity contribution is -0.114. The number of rotatable bonds is 10. The van der Waals surface area contributed by atoms with Crippen molar-refractivity contribution in [2.24, 2.45) is 0 Å². The van der Waals surface area contributed by atoms with Crippen molar-refractivity contribution in [1.82, 2.24) is 10.3 Å². The van der Waals surface area contributed by atoms with Crippen molar-refractivity contribution in [3.8, 4) is 11.3 Å². The van der Waals surface area contributed by atoms with E-state index < -0.39 is 11.8 Å². The van der Waals surface area contributed by atoms with Crippen LogP contribution in [0.4, 0.5) is 10.8 Å². The Morgan fingerprint density at radius 1 is 0.867 bits per heavy atom. The van der Waals surface area contributed by atoms with Crippen molar-refractivity contribution in [2.75, 3.05) is 16.4 Å². The van der Waals surface area contributed by atoms with Gasteiger partial charge in [-0.05, 0) is 55.0 Å². The number of aryl methyl sites for hydroxylation is 1. The molecular weight excluding hydrogens is 647 g/mol. The van der Waals surface area contributed by atoms with Crippen molar-refractivity contribution < 1.29 is 14.4 Å². The highest BCUT2D eigenvalue weighted by atomic mass is 35.5. The summed E-state index contributed by atoms with van der Waals surface area (Å²) in [5.74, 6) is -1.09. The average Bonchev–Trinajstić information content (AvgIpc) is 3.42. The summed E-state index contributed by atoms with van der Waals surface area (Å²) in [7, 11) is 0. The quantitative estimate of drug-likeness (QED) is 0.102. The van der Waals surface area contributed by atoms with E-state index in [2.05, 4.69) is 20.9 Å². The Hall–Kier alpha value is -4.41. The number of carbonyl (C=O) groups is 3. The summed E-state index contributed by atoms with van der Waals surface area (Å²) in [5.41, 5.74) is 3.13. The van der Waals surface area contributed by atoms with Crippen LogP contribution in [0.15, 0.2) is 114 Å². The lowest BCUT2D eigenvalue weighted by atomic mass is 10.1. The van der Waals surface area contributed by atoms with Gasteiger partial charge in [-0.3, -0.25) is 14.4 Å². The molecule has 226 valence electrons. The number of hydrogen-bond donors (Lipinski definition) is 3. The first-order valence-corrected chi connectivity index (χ1v) is 16.2. The molecule has 0 aliphatic rings. The Morgan fingerprint density at radius 2 is 1.58 bits per heavy atom. The minimum atomic E-state index is -0.566. The molecule has 0 saturated carbocycles. The van der Waals surface area contributed by atoms with Gasteiger partial charge in [-0.2, -0.15) is 0 Å². The molecule has 0 fully saturated rings. The van der Waals surface area contributed by atoms with Crippen molar-refractivity contribution in [1.29, 1.82) is 0 Å². The number of carbonyl (C=O) groups excluding carboxylic acids is 3. The van der Waals surface area contributed by atoms with Gasteiger partial charge in [0.2, 0.25) is 5.91 Å². The van der Waals surface area contributed by atoms with Gasteiger partial charge in [0.15, 0.2) is 5.13 Å². The van der Waals surface area contributed by atoms with Gasteiger partial charge in [-0.15, -0.1) is 23.1 Å². The van der Waals surface area contributed by atoms with Gasteiger partial charge in [0.05, 0.1) is 21.5 Å². The summed E-state index contributed by atoms with van der Waals surface area (Å²) in [5, 5.41) is 9.49. The monoisotopic (exact) mass is 672 g/mol. The fourth-order valence-corrected chi connectivity index (χ4v) is 6.18. The van der Waals surface area contributed by atoms with Gasteiger partial charge in [0, 0.05) is 26.6 Å². The highest BCUT2D eigenvalue weighted by Gasteiger charge is 2.17. The van der Waals surface area contributed by atoms with Crippen LogP contribution in [0.25, 0.3) is 17.3 Å². The van der Waals surface area contributed by atoms with Gasteiger partial charge in [-0.25, -0.2) is 4.98 Å². The largest absolute Gasteiger partial charge is 0.321 e. The standard InChI is InChI=1S/C34H26Cl2N4O3S2/c1-21-31(22-10-4-2-5-11-22)40-34(45-21)39-29(41)20-44-26-16-9-15-25(19-26)37-33(43)28(18-24-14-8-17-27(35)30(24)36)38-32(42)23-12-6-3-7-13-23/h2-19H,20H2,1H3,(H,37,43)(H,38,42)(H,39,40,41)/b28-18+. The zero-order chi connectivity index (χ0) is 31.8. The molecule has 3 N–H and O–H groups in total. The van der Waals surface area contributed by atoms with Crippen LogP contribution in [0.5, 0.6) is 0 Å². The van der Waals surface area contributed by atoms with Crippen LogP contribution in [0.1, 0.15) is 20.8 Å². The maximum Gasteiger partial charge on any atom is 0.272 e. The molecule has 0 spiro atoms. The third kappa shape index (κ3) is 8.61. The van der Waals surface area contributed by atoms with Gasteiger partial charge < -0.3 is 16.0 Å². The second-order valence-electron chi connectivity index (χ2n) is 9.63. The summed E-state index contributed by atoms with van der Waals surface area (Å²) in [6.07, 6.45) is 1.47. The van der Waals surface area contributed by atoms with Crippen molar-refractivity contribution in [3.63, 3.8) is 0 Å². The predicted molar refractivity (Wildman–Crippen MR) is 185 cm³/mol. The van der Waals surface area contributed by atoms with E-state index in [9.17, 15) is 14.4 Å². The fourth-order valence-electron chi connectivity index (χ4n) is 4.21. The highest BCUT2D eigenvalue weighted by Crippen LogP contribution is 2.31. The Morgan fingerprint density at radius 3 is 2.33 bits per heavy atom. The summed E-state index contributed by atoms with van der Waals surface area (Å²) < 4.78 is 0. The lowest BCUT2D eigenvalue weighted by Gasteiger charge is -2.13. The Balaban J connectivity index is 1.26. The molecule has 0 atom stereocenters. The van der Waals surface area contributed by atoms with Gasteiger partial charge >= 0.3 is 0 Å². The molecule has 45 heavy (non-hydrogen) atoms. The molecule has 0 unspecified atom stereocenters. The van der Waals surface area contributed by atoms with Crippen molar-refractivity contribution in [3.05, 3.63) is 135 Å². The number of thioether (sulfide) groups is 1. The van der Waals surface area contributed by atoms with E-state index in [0.29, 0.717) is 27.0 Å². The second-order valence-corrected chi connectivity index (χ2v) is 12.7. The molecule has 0 aliphatic carbocycles. The van der Waals surface area contributed by atoms with Crippen LogP contribution < -0.4 is 16.0 Å². The number of halogens is 2. The molecule has 5 rings (SSSR count). The number of hydrogen-bond acceptors (Lipinski definition) is 6. The molecule has 5 aromatic rings. The van der Waals surface area contributed by atoms with E-state index in [-0.39, 0.29) is 22.4 Å². The number of thiazole rings is 1. The minimum Gasteiger partial charge on any atom is -0.321 e. The summed E-state index contributed by atoms with van der Waals surface area (Å²) >= 11 is 15.3. The molecule has 7 nitrogen and oxygen atoms in total. The van der Waals surface area contributed by atoms with E-state index in [0.717, 1.165) is 21.0 Å². The zero-order valence-electron chi connectivity index (χ0n) is 23.8. The molecule has 11 heteroatoms. The molecule has 0 bridgehead atoms. The van der Waals surface area contributed by atoms with Gasteiger partial charge in [0.1, 0.15) is 5.70 Å². The van der Waals surface area contributed by atoms with Crippen LogP contribution in [0.2, 0.25) is 10.0 Å². The SMILES string of the molecule is Cc1sc(NC(=O)CSc2cccc(NC(=O)/C(=C\c3cccc(Cl)c3Cl)NC(=O)c3ccccc3)c2)nc1-c1ccccc1. The van der Waals surface area contributed by atoms with Crippen LogP contribution >= 0.6 is 46.3 Å². The third-order valence-corrected chi connectivity index (χ3v) is 9.08. The highest BCUT2D eigenvalue weighted by molar-refractivity contribution is 8.00. The maximum atomic E-state index is 13.4. The smallest absolute Gasteiger partial charge is 0.272 e. The normalized spacial score (nSPS) is 11.1. The van der Waals surface area contributed by atoms with E-state index >= 15 is 0 Å². The second kappa shape index (κ2) is 15.0. The molecule has 1 heterocycles. The van der Waals surface area contributed by atoms with Crippen LogP contribution in [-0.4, -0.2) is 28.5 Å². The lowest BCUT2D eigenvalue weighted by Crippen LogP contribution is -2.30. The van der Waals surface area contributed by atoms with Gasteiger partial charge in [-0.1, -0.05) is 89.9 Å². The summed E-state index contributed by atoms with van der Waals surface area (Å²) in [6, 6.07) is 30.5. The topological polar surface area (TPSA) is 100 Å². The number of nitrogens with zero attached hydrogens (tertiary/aromatic N) is 1. The average molecular weight is 674 g/mol. The summed E-state index contributed by atoms with van der Waals surface area (Å²) in [6.45, 7) is 1.97. The van der Waals surface area contributed by atoms with Crippen LogP contribution in [0.3, 0.4) is 0 Å². The summed E-state index contributed by atoms with van der Waals surface area (Å²) in [4.78, 5) is 45.5. The molecule has 0 saturated heterocycles. The number of amides is 3. The molecule has 4 aromatic carbocycles. The van der Waals surface area contributed by atoms with E-state index in [4.69, 9.17) is 23.2 Å². The first-order valence-electron chi connectivity index (χ1n) is 13.7. The molecule has 0 radical (unpaired) electrons. The van der Waals surface area contributed by atoms with Crippen molar-refractivity contribution in [2.45, 2.75) is 11.8 Å². The molecular formula is C34H26Cl2N4O3S2. The van der Waals surface area contributed by atoms with Crippen molar-refractivity contribution >= 4 is 80.9 Å². The Bertz CT molecular complexity index is 1880. The molecule has 0 aliphatic heterocycles. The predicted octanol–water partition coefficient (Wildman–Crippen LogP) is 8.57. The van der Waals surface area contributed by atoms with Crippen LogP contribution in [0, 0.1) is 6.92 Å². The number of benzene rings is 4. The first kappa shape index (κ1) is 32.0. The Labute approximate surface area is 278 Å². The maximum absolute atomic E-state index is 13.4. The van der Waals surface area contributed by atoms with Gasteiger partial charge in [0.25, 0.3) is 11.8 Å². The Kier molecular flexibility index (Phi) is 10.7. The third-order valence-electron chi connectivity index (χ3n) is 6.36. The van der Waals surface area contributed by atoms with E-state index in [1.807, 2.05) is 43.3 Å². The molecule has 1 aromatic heterocycles.